The van der Waals surface area contributed by atoms with Crippen LogP contribution in [0.2, 0.25) is 5.28 Å². The van der Waals surface area contributed by atoms with Crippen LogP contribution in [0.3, 0.4) is 0 Å². The third kappa shape index (κ3) is 6.51. The van der Waals surface area contributed by atoms with Crippen molar-refractivity contribution in [2.75, 3.05) is 17.8 Å². The first-order valence-electron chi connectivity index (χ1n) is 10.7. The van der Waals surface area contributed by atoms with Gasteiger partial charge in [-0.15, -0.1) is 0 Å². The first-order valence-corrected chi connectivity index (χ1v) is 14.6. The number of rotatable bonds is 9. The molecule has 1 unspecified atom stereocenters. The summed E-state index contributed by atoms with van der Waals surface area (Å²) in [4.78, 5) is 35.6. The summed E-state index contributed by atoms with van der Waals surface area (Å²) < 4.78 is 62.6. The van der Waals surface area contributed by atoms with Gasteiger partial charge in [0.25, 0.3) is 0 Å². The van der Waals surface area contributed by atoms with Crippen molar-refractivity contribution in [2.24, 2.45) is 0 Å². The van der Waals surface area contributed by atoms with Crippen LogP contribution < -0.4 is 5.32 Å². The molecule has 0 radical (unpaired) electrons. The van der Waals surface area contributed by atoms with Crippen molar-refractivity contribution in [1.29, 1.82) is 0 Å². The lowest BCUT2D eigenvalue weighted by molar-refractivity contribution is -0.0472. The van der Waals surface area contributed by atoms with Gasteiger partial charge in [0.05, 0.1) is 24.2 Å². The van der Waals surface area contributed by atoms with Crippen LogP contribution >= 0.6 is 26.8 Å². The van der Waals surface area contributed by atoms with Crippen LogP contribution in [0.4, 0.5) is 14.6 Å². The van der Waals surface area contributed by atoms with Crippen LogP contribution in [0.25, 0.3) is 11.0 Å². The molecule has 1 aliphatic heterocycles. The molecule has 1 saturated heterocycles. The summed E-state index contributed by atoms with van der Waals surface area (Å²) in [5.74, 6) is -1.66. The minimum Gasteiger partial charge on any atom is -0.387 e. The number of nitrogens with one attached hydrogen (secondary N) is 1. The monoisotopic (exact) mass is 583 g/mol. The molecule has 3 heterocycles. The molecule has 6 atom stereocenters. The number of hydrogen-bond acceptors (Lipinski definition) is 9. The van der Waals surface area contributed by atoms with Crippen LogP contribution in [-0.4, -0.2) is 70.4 Å². The number of ether oxygens (including phenoxy) is 1. The molecule has 0 amide bonds. The lowest BCUT2D eigenvalue weighted by Gasteiger charge is -2.18. The molecule has 0 bridgehead atoms. The molecule has 3 aromatic rings. The van der Waals surface area contributed by atoms with E-state index in [2.05, 4.69) is 24.9 Å². The minimum absolute atomic E-state index is 0.0321. The average molecular weight is 584 g/mol. The molecule has 1 aromatic carbocycles. The first kappa shape index (κ1) is 28.0. The fourth-order valence-electron chi connectivity index (χ4n) is 3.76. The molecule has 0 aliphatic carbocycles. The van der Waals surface area contributed by atoms with Crippen molar-refractivity contribution in [1.82, 2.24) is 19.7 Å². The number of fused-ring (bicyclic) bond motifs is 1. The van der Waals surface area contributed by atoms with Crippen molar-refractivity contribution in [3.63, 3.8) is 0 Å². The van der Waals surface area contributed by atoms with Crippen LogP contribution in [-0.2, 0) is 18.4 Å². The molecule has 5 N–H and O–H groups in total. The summed E-state index contributed by atoms with van der Waals surface area (Å²) >= 11 is 6.07. The lowest BCUT2D eigenvalue weighted by Crippen LogP contribution is -2.31. The summed E-state index contributed by atoms with van der Waals surface area (Å²) in [5.41, 5.74) is 0.647. The molecular weight excluding hydrogens is 562 g/mol. The van der Waals surface area contributed by atoms with Crippen molar-refractivity contribution in [3.05, 3.63) is 47.1 Å². The first-order chi connectivity index (χ1) is 17.2. The summed E-state index contributed by atoms with van der Waals surface area (Å²) in [6.07, 6.45) is -5.64. The van der Waals surface area contributed by atoms with E-state index in [0.29, 0.717) is 10.9 Å². The van der Waals surface area contributed by atoms with Gasteiger partial charge in [0.15, 0.2) is 23.9 Å². The zero-order valence-corrected chi connectivity index (χ0v) is 21.5. The molecule has 202 valence electrons. The van der Waals surface area contributed by atoms with E-state index in [1.165, 1.54) is 18.3 Å². The van der Waals surface area contributed by atoms with Gasteiger partial charge < -0.3 is 34.4 Å². The van der Waals surface area contributed by atoms with Gasteiger partial charge in [-0.25, -0.2) is 13.5 Å². The summed E-state index contributed by atoms with van der Waals surface area (Å²) in [6, 6.07) is 5.49. The predicted molar refractivity (Wildman–Crippen MR) is 126 cm³/mol. The fourth-order valence-corrected chi connectivity index (χ4v) is 6.50. The number of anilines is 1. The van der Waals surface area contributed by atoms with Gasteiger partial charge in [0.2, 0.25) is 5.28 Å². The van der Waals surface area contributed by atoms with Crippen LogP contribution in [0.15, 0.2) is 30.5 Å². The second-order valence-electron chi connectivity index (χ2n) is 8.33. The molecule has 0 spiro atoms. The van der Waals surface area contributed by atoms with Gasteiger partial charge in [-0.1, -0.05) is 12.1 Å². The molecule has 4 rings (SSSR count). The molecule has 2 aromatic heterocycles. The van der Waals surface area contributed by atoms with Crippen molar-refractivity contribution < 1.29 is 47.0 Å². The van der Waals surface area contributed by atoms with E-state index in [0.717, 1.165) is 4.68 Å². The van der Waals surface area contributed by atoms with E-state index >= 15 is 4.39 Å². The normalized spacial score (nSPS) is 24.8. The highest BCUT2D eigenvalue weighted by molar-refractivity contribution is 7.70. The van der Waals surface area contributed by atoms with E-state index in [1.807, 2.05) is 0 Å². The second-order valence-corrected chi connectivity index (χ2v) is 12.7. The Kier molecular flexibility index (Phi) is 8.01. The van der Waals surface area contributed by atoms with Crippen molar-refractivity contribution >= 4 is 43.6 Å². The number of hydrogen-bond donors (Lipinski definition) is 5. The molecule has 13 nitrogen and oxygen atoms in total. The van der Waals surface area contributed by atoms with Crippen molar-refractivity contribution in [3.8, 4) is 0 Å². The number of aromatic nitrogens is 4. The Bertz CT molecular complexity index is 1390. The zero-order valence-electron chi connectivity index (χ0n) is 18.9. The van der Waals surface area contributed by atoms with E-state index in [9.17, 15) is 23.5 Å². The van der Waals surface area contributed by atoms with Gasteiger partial charge >= 0.3 is 15.2 Å². The number of nitrogens with zero attached hydrogens (tertiary/aromatic N) is 4. The Hall–Kier alpha value is -2.06. The SMILES string of the molecule is C[C@@H](Nc1nc(Cl)nc2c1cnn2[C@@H]1O[C@H](COP(=O)(O)CP(=O)(O)O)[C@@H](O)[C@@H]1F)c1cccc(F)c1. The maximum atomic E-state index is 15.0. The Balaban J connectivity index is 1.55. The van der Waals surface area contributed by atoms with Crippen LogP contribution in [0, 0.1) is 5.82 Å². The third-order valence-electron chi connectivity index (χ3n) is 5.47. The van der Waals surface area contributed by atoms with Gasteiger partial charge in [-0.2, -0.15) is 15.1 Å². The number of halogens is 3. The molecule has 0 saturated carbocycles. The lowest BCUT2D eigenvalue weighted by atomic mass is 10.1. The highest BCUT2D eigenvalue weighted by atomic mass is 35.5. The molecular formula is C19H22ClF2N5O8P2. The smallest absolute Gasteiger partial charge is 0.340 e. The fraction of sp³-hybridized carbons (Fsp3) is 0.421. The number of aliphatic hydroxyl groups excluding tert-OH is 1. The maximum absolute atomic E-state index is 15.0. The van der Waals surface area contributed by atoms with E-state index < -0.39 is 64.2 Å². The molecule has 37 heavy (non-hydrogen) atoms. The molecule has 1 aliphatic rings. The second kappa shape index (κ2) is 10.6. The Morgan fingerprint density at radius 1 is 1.30 bits per heavy atom. The highest BCUT2D eigenvalue weighted by Crippen LogP contribution is 2.55. The number of benzene rings is 1. The van der Waals surface area contributed by atoms with Crippen LogP contribution in [0.5, 0.6) is 0 Å². The summed E-state index contributed by atoms with van der Waals surface area (Å²) in [5, 5.41) is 17.5. The minimum atomic E-state index is -4.88. The largest absolute Gasteiger partial charge is 0.387 e. The highest BCUT2D eigenvalue weighted by Gasteiger charge is 2.47. The average Bonchev–Trinajstić information content (AvgIpc) is 3.32. The topological polar surface area (TPSA) is 189 Å². The zero-order chi connectivity index (χ0) is 27.1. The quantitative estimate of drug-likeness (QED) is 0.183. The Morgan fingerprint density at radius 2 is 2.03 bits per heavy atom. The van der Waals surface area contributed by atoms with E-state index in [1.54, 1.807) is 19.1 Å². The number of alkyl halides is 1. The number of aliphatic hydroxyl groups is 1. The standard InChI is InChI=1S/C19H22ClF2N5O8P2/c1-9(10-3-2-4-11(21)5-10)24-16-12-6-23-27(17(12)26-19(20)25-16)18-14(22)15(28)13(35-18)7-34-37(32,33)8-36(29,30)31/h2-6,9,13-15,18,28H,7-8H2,1H3,(H,32,33)(H,24,25,26)(H2,29,30,31)/t9-,13-,14+,15-,18-/m1/s1. The third-order valence-corrected chi connectivity index (χ3v) is 9.09. The molecule has 18 heteroatoms. The maximum Gasteiger partial charge on any atom is 0.340 e. The Labute approximate surface area is 213 Å². The van der Waals surface area contributed by atoms with Gasteiger partial charge in [0.1, 0.15) is 23.8 Å². The Morgan fingerprint density at radius 3 is 2.70 bits per heavy atom. The summed E-state index contributed by atoms with van der Waals surface area (Å²) in [6.45, 7) is 0.921. The van der Waals surface area contributed by atoms with Crippen molar-refractivity contribution in [2.45, 2.75) is 37.6 Å². The van der Waals surface area contributed by atoms with Gasteiger partial charge in [-0.3, -0.25) is 9.13 Å². The van der Waals surface area contributed by atoms with E-state index in [4.69, 9.17) is 26.1 Å². The van der Waals surface area contributed by atoms with Gasteiger partial charge in [-0.05, 0) is 36.2 Å². The van der Waals surface area contributed by atoms with E-state index in [-0.39, 0.29) is 16.7 Å². The van der Waals surface area contributed by atoms with Crippen LogP contribution in [0.1, 0.15) is 24.8 Å². The molecule has 1 fully saturated rings. The predicted octanol–water partition coefficient (Wildman–Crippen LogP) is 2.73. The summed E-state index contributed by atoms with van der Waals surface area (Å²) in [7, 11) is -9.63. The van der Waals surface area contributed by atoms with Gasteiger partial charge in [0, 0.05) is 0 Å².